The Labute approximate surface area is 166 Å². The van der Waals surface area contributed by atoms with Crippen molar-refractivity contribution in [3.05, 3.63) is 65.2 Å². The summed E-state index contributed by atoms with van der Waals surface area (Å²) in [5.41, 5.74) is 2.10. The second-order valence-corrected chi connectivity index (χ2v) is 8.14. The molecule has 1 N–H and O–H groups in total. The molecular weight excluding hydrogens is 353 g/mol. The maximum Gasteiger partial charge on any atom is 0.162 e. The average Bonchev–Trinajstić information content (AvgIpc) is 2.65. The molecule has 2 rings (SSSR count). The Morgan fingerprint density at radius 2 is 1.70 bits per heavy atom. The number of carbonyl (C=O) groups excluding carboxylic acids is 1. The summed E-state index contributed by atoms with van der Waals surface area (Å²) in [6.45, 7) is 8.65. The highest BCUT2D eigenvalue weighted by Gasteiger charge is 2.23. The SMILES string of the molecule is CCN(CCCC(=O)c1ccc(P)cc1)CCC(C)(O)c1ccc(C)cc1. The van der Waals surface area contributed by atoms with Gasteiger partial charge >= 0.3 is 0 Å². The summed E-state index contributed by atoms with van der Waals surface area (Å²) in [4.78, 5) is 14.6. The Balaban J connectivity index is 1.80. The van der Waals surface area contributed by atoms with E-state index in [-0.39, 0.29) is 5.78 Å². The molecule has 0 spiro atoms. The molecule has 146 valence electrons. The molecule has 0 radical (unpaired) electrons. The van der Waals surface area contributed by atoms with Gasteiger partial charge in [-0.05, 0) is 50.6 Å². The van der Waals surface area contributed by atoms with Crippen LogP contribution in [0.2, 0.25) is 0 Å². The Bertz CT molecular complexity index is 723. The first kappa shape index (κ1) is 21.8. The van der Waals surface area contributed by atoms with E-state index in [1.807, 2.05) is 62.4 Å². The summed E-state index contributed by atoms with van der Waals surface area (Å²) >= 11 is 0. The van der Waals surface area contributed by atoms with E-state index in [2.05, 4.69) is 21.1 Å². The van der Waals surface area contributed by atoms with Gasteiger partial charge in [0.1, 0.15) is 0 Å². The van der Waals surface area contributed by atoms with Crippen LogP contribution in [0, 0.1) is 6.92 Å². The Kier molecular flexibility index (Phi) is 8.16. The lowest BCUT2D eigenvalue weighted by Crippen LogP contribution is -2.32. The lowest BCUT2D eigenvalue weighted by molar-refractivity contribution is 0.0361. The number of carbonyl (C=O) groups is 1. The summed E-state index contributed by atoms with van der Waals surface area (Å²) in [7, 11) is 2.63. The van der Waals surface area contributed by atoms with Crippen molar-refractivity contribution in [2.75, 3.05) is 19.6 Å². The van der Waals surface area contributed by atoms with Gasteiger partial charge in [0.15, 0.2) is 5.78 Å². The monoisotopic (exact) mass is 385 g/mol. The van der Waals surface area contributed by atoms with Crippen LogP contribution in [0.25, 0.3) is 0 Å². The Morgan fingerprint density at radius 3 is 2.30 bits per heavy atom. The van der Waals surface area contributed by atoms with Gasteiger partial charge in [0.2, 0.25) is 0 Å². The molecule has 0 saturated heterocycles. The van der Waals surface area contributed by atoms with Gasteiger partial charge in [-0.25, -0.2) is 0 Å². The van der Waals surface area contributed by atoms with Crippen LogP contribution in [0.1, 0.15) is 54.6 Å². The molecule has 2 aromatic carbocycles. The smallest absolute Gasteiger partial charge is 0.162 e. The van der Waals surface area contributed by atoms with Crippen LogP contribution in [0.3, 0.4) is 0 Å². The molecule has 2 aromatic rings. The van der Waals surface area contributed by atoms with Gasteiger partial charge in [-0.1, -0.05) is 61.0 Å². The third-order valence-electron chi connectivity index (χ3n) is 5.15. The topological polar surface area (TPSA) is 40.5 Å². The molecule has 0 saturated carbocycles. The molecule has 0 aliphatic carbocycles. The number of hydrogen-bond acceptors (Lipinski definition) is 3. The summed E-state index contributed by atoms with van der Waals surface area (Å²) in [5, 5.41) is 11.9. The normalized spacial score (nSPS) is 13.6. The second-order valence-electron chi connectivity index (χ2n) is 7.47. The van der Waals surface area contributed by atoms with E-state index in [0.717, 1.165) is 42.5 Å². The number of aryl methyl sites for hydroxylation is 1. The number of aliphatic hydroxyl groups is 1. The zero-order valence-electron chi connectivity index (χ0n) is 16.7. The number of ketones is 1. The predicted molar refractivity (Wildman–Crippen MR) is 117 cm³/mol. The van der Waals surface area contributed by atoms with E-state index in [0.29, 0.717) is 12.8 Å². The molecule has 27 heavy (non-hydrogen) atoms. The molecule has 0 aromatic heterocycles. The first-order valence-corrected chi connectivity index (χ1v) is 10.3. The van der Waals surface area contributed by atoms with Gasteiger partial charge in [-0.3, -0.25) is 4.79 Å². The molecule has 3 nitrogen and oxygen atoms in total. The standard InChI is InChI=1S/C23H32NO2P/c1-4-24(16-5-6-22(25)19-9-13-21(27)14-10-19)17-15-23(3,26)20-11-7-18(2)8-12-20/h7-14,26H,4-6,15-17,27H2,1-3H3. The molecule has 2 unspecified atom stereocenters. The molecule has 0 heterocycles. The number of hydrogen-bond donors (Lipinski definition) is 1. The van der Waals surface area contributed by atoms with E-state index in [1.165, 1.54) is 5.56 Å². The summed E-state index contributed by atoms with van der Waals surface area (Å²) in [6, 6.07) is 15.8. The van der Waals surface area contributed by atoms with E-state index in [1.54, 1.807) is 0 Å². The molecule has 0 aliphatic rings. The van der Waals surface area contributed by atoms with E-state index in [4.69, 9.17) is 0 Å². The van der Waals surface area contributed by atoms with Crippen LogP contribution in [0.15, 0.2) is 48.5 Å². The molecular formula is C23H32NO2P. The van der Waals surface area contributed by atoms with Gasteiger partial charge < -0.3 is 10.0 Å². The quantitative estimate of drug-likeness (QED) is 0.495. The highest BCUT2D eigenvalue weighted by Crippen LogP contribution is 2.25. The van der Waals surface area contributed by atoms with Crippen LogP contribution in [-0.4, -0.2) is 35.4 Å². The minimum Gasteiger partial charge on any atom is -0.385 e. The van der Waals surface area contributed by atoms with Crippen molar-refractivity contribution >= 4 is 20.3 Å². The van der Waals surface area contributed by atoms with E-state index < -0.39 is 5.60 Å². The fourth-order valence-corrected chi connectivity index (χ4v) is 3.33. The van der Waals surface area contributed by atoms with Gasteiger partial charge in [0.25, 0.3) is 0 Å². The number of Topliss-reactive ketones (excluding diaryl/α,β-unsaturated/α-hetero) is 1. The molecule has 0 amide bonds. The van der Waals surface area contributed by atoms with Crippen molar-refractivity contribution < 1.29 is 9.90 Å². The maximum absolute atomic E-state index is 12.3. The fraction of sp³-hybridized carbons (Fsp3) is 0.435. The second kappa shape index (κ2) is 10.1. The van der Waals surface area contributed by atoms with Gasteiger partial charge in [-0.15, -0.1) is 9.24 Å². The van der Waals surface area contributed by atoms with Crippen molar-refractivity contribution in [1.29, 1.82) is 0 Å². The summed E-state index contributed by atoms with van der Waals surface area (Å²) < 4.78 is 0. The highest BCUT2D eigenvalue weighted by atomic mass is 31.0. The van der Waals surface area contributed by atoms with Gasteiger partial charge in [0, 0.05) is 18.5 Å². The van der Waals surface area contributed by atoms with Crippen molar-refractivity contribution in [1.82, 2.24) is 4.90 Å². The lowest BCUT2D eigenvalue weighted by Gasteiger charge is -2.28. The average molecular weight is 385 g/mol. The van der Waals surface area contributed by atoms with Gasteiger partial charge in [-0.2, -0.15) is 0 Å². The van der Waals surface area contributed by atoms with Crippen LogP contribution in [0.5, 0.6) is 0 Å². The third-order valence-corrected chi connectivity index (χ3v) is 5.53. The third kappa shape index (κ3) is 6.84. The van der Waals surface area contributed by atoms with Crippen LogP contribution in [0.4, 0.5) is 0 Å². The maximum atomic E-state index is 12.3. The van der Waals surface area contributed by atoms with Crippen molar-refractivity contribution in [2.45, 2.75) is 45.6 Å². The number of benzene rings is 2. The van der Waals surface area contributed by atoms with Crippen molar-refractivity contribution in [2.24, 2.45) is 0 Å². The number of rotatable bonds is 10. The molecule has 2 atom stereocenters. The van der Waals surface area contributed by atoms with Crippen molar-refractivity contribution in [3.8, 4) is 0 Å². The minimum atomic E-state index is -0.836. The minimum absolute atomic E-state index is 0.197. The van der Waals surface area contributed by atoms with E-state index >= 15 is 0 Å². The van der Waals surface area contributed by atoms with Crippen LogP contribution >= 0.6 is 9.24 Å². The Morgan fingerprint density at radius 1 is 1.07 bits per heavy atom. The summed E-state index contributed by atoms with van der Waals surface area (Å²) in [6.07, 6.45) is 2.07. The first-order valence-electron chi connectivity index (χ1n) is 9.72. The molecule has 0 bridgehead atoms. The fourth-order valence-electron chi connectivity index (χ4n) is 3.14. The lowest BCUT2D eigenvalue weighted by atomic mass is 9.91. The van der Waals surface area contributed by atoms with Crippen LogP contribution < -0.4 is 5.30 Å². The molecule has 0 fully saturated rings. The largest absolute Gasteiger partial charge is 0.385 e. The number of nitrogens with zero attached hydrogens (tertiary/aromatic N) is 1. The predicted octanol–water partition coefficient (Wildman–Crippen LogP) is 4.08. The first-order chi connectivity index (χ1) is 12.8. The Hall–Kier alpha value is -1.54. The van der Waals surface area contributed by atoms with Crippen molar-refractivity contribution in [3.63, 3.8) is 0 Å². The van der Waals surface area contributed by atoms with Crippen LogP contribution in [-0.2, 0) is 5.60 Å². The zero-order chi connectivity index (χ0) is 19.9. The molecule has 0 aliphatic heterocycles. The van der Waals surface area contributed by atoms with Gasteiger partial charge in [0.05, 0.1) is 5.60 Å². The molecule has 4 heteroatoms. The van der Waals surface area contributed by atoms with E-state index in [9.17, 15) is 9.90 Å². The zero-order valence-corrected chi connectivity index (χ0v) is 17.9. The highest BCUT2D eigenvalue weighted by molar-refractivity contribution is 7.27. The summed E-state index contributed by atoms with van der Waals surface area (Å²) in [5.74, 6) is 0.197.